The number of rotatable bonds is 22. The quantitative estimate of drug-likeness (QED) is 0.0292. The van der Waals surface area contributed by atoms with Crippen LogP contribution in [0.4, 0.5) is 32.3 Å². The Balaban J connectivity index is 0.000000127. The van der Waals surface area contributed by atoms with E-state index in [0.717, 1.165) is 62.3 Å². The van der Waals surface area contributed by atoms with Crippen molar-refractivity contribution in [3.63, 3.8) is 0 Å². The Hall–Kier alpha value is -17.8. The number of carbonyl (C=O) groups excluding carboxylic acids is 12. The summed E-state index contributed by atoms with van der Waals surface area (Å²) in [7, 11) is 6.14. The minimum Gasteiger partial charge on any atom is -0.497 e. The number of amides is 16. The largest absolute Gasteiger partial charge is 0.497 e. The fourth-order valence-corrected chi connectivity index (χ4v) is 17.5. The average molecular weight is 1850 g/mol. The maximum absolute atomic E-state index is 13.2. The predicted molar refractivity (Wildman–Crippen MR) is 482 cm³/mol. The highest BCUT2D eigenvalue weighted by Gasteiger charge is 2.55. The molecule has 8 N–H and O–H groups in total. The number of alkyl halides is 3. The van der Waals surface area contributed by atoms with Gasteiger partial charge in [-0.05, 0) is 135 Å². The molecule has 8 aliphatic rings. The smallest absolute Gasteiger partial charge is 0.417 e. The second-order valence-electron chi connectivity index (χ2n) is 32.7. The van der Waals surface area contributed by atoms with Crippen molar-refractivity contribution < 1.29 is 94.4 Å². The molecular weight excluding hydrogens is 1770 g/mol. The standard InChI is InChI=1S/C25H19F3N4O4.C25H19N5O4.C25H22N4O5.C24H21N5O4/c1-36-18-8-4-15-12-32(21(33)19(15)10-18)13-24(22(34)30-23(35)31-24)16-5-2-14(3-6-16)20-9-7-17(11-29-20)25(26,27)28;1-34-20-7-4-17-13-30(22(31)21(17)9-20)14-25(23(32)28-24(33)29-25)19-5-2-16(3-6-19)18-8-15(10-26)11-27-12-18;1-33-19-8-5-16-13-29(22(30)21(16)10-19)14-25(23(31)27-24(32)28-25)18-6-3-15(4-7-18)17-9-20(34-2)12-26-11-17;1-2-33-18-8-5-16-13-29(21(30)19(16)11-18)14-24(22(31)27-23(32)28-24)17-6-3-15(4-7-17)20-12-25-9-10-26-20/h2-11H,12-13H2,1H3,(H2,30,31,34,35);2-9,11-12H,13-14H2,1H3,(H2,28,29,32,33);3-12H,13-14H2,1-2H3,(H2,27,28,31,32);3-12H,2,13-14H2,1H3,(H2,27,28,31,32)/t24-;2*25-;24-/m0000/s1. The van der Waals surface area contributed by atoms with Gasteiger partial charge in [-0.1, -0.05) is 121 Å². The average Bonchev–Trinajstić information content (AvgIpc) is 1.62. The fraction of sp³-hybridized carbons (Fsp3) is 0.192. The van der Waals surface area contributed by atoms with Gasteiger partial charge in [-0.3, -0.25) is 84.5 Å². The van der Waals surface area contributed by atoms with E-state index in [4.69, 9.17) is 28.9 Å². The van der Waals surface area contributed by atoms with E-state index in [1.54, 1.807) is 186 Å². The minimum atomic E-state index is -4.49. The zero-order chi connectivity index (χ0) is 96.4. The molecule has 35 nitrogen and oxygen atoms in total. The van der Waals surface area contributed by atoms with Crippen LogP contribution in [-0.4, -0.2) is 177 Å². The molecule has 0 bridgehead atoms. The van der Waals surface area contributed by atoms with E-state index in [0.29, 0.717) is 122 Å². The van der Waals surface area contributed by atoms with Crippen LogP contribution in [0.2, 0.25) is 0 Å². The van der Waals surface area contributed by atoms with Crippen molar-refractivity contribution in [2.45, 2.75) is 61.4 Å². The number of fused-ring (bicyclic) bond motifs is 4. The summed E-state index contributed by atoms with van der Waals surface area (Å²) in [5, 5.41) is 29.2. The zero-order valence-corrected chi connectivity index (χ0v) is 73.5. The molecule has 12 aromatic rings. The number of methoxy groups -OCH3 is 4. The predicted octanol–water partition coefficient (Wildman–Crippen LogP) is 10.5. The summed E-state index contributed by atoms with van der Waals surface area (Å²) in [6.45, 7) is 3.42. The second kappa shape index (κ2) is 37.1. The molecule has 137 heavy (non-hydrogen) atoms. The third-order valence-corrected chi connectivity index (χ3v) is 24.6. The van der Waals surface area contributed by atoms with Gasteiger partial charge in [-0.15, -0.1) is 0 Å². The Bertz CT molecular complexity index is 6960. The van der Waals surface area contributed by atoms with E-state index in [9.17, 15) is 70.7 Å². The number of nitrogens with one attached hydrogen (secondary N) is 8. The number of nitrogens with zero attached hydrogens (tertiary/aromatic N) is 10. The van der Waals surface area contributed by atoms with Crippen LogP contribution in [0, 0.1) is 11.3 Å². The molecule has 690 valence electrons. The van der Waals surface area contributed by atoms with Gasteiger partial charge in [0.05, 0.1) is 96.1 Å². The van der Waals surface area contributed by atoms with E-state index < -0.39 is 81.6 Å². The number of imide groups is 4. The lowest BCUT2D eigenvalue weighted by molar-refractivity contribution is -0.138. The maximum Gasteiger partial charge on any atom is 0.417 e. The highest BCUT2D eigenvalue weighted by molar-refractivity contribution is 6.12. The lowest BCUT2D eigenvalue weighted by Crippen LogP contribution is -2.52. The Kier molecular flexibility index (Phi) is 24.7. The maximum atomic E-state index is 13.2. The molecule has 0 spiro atoms. The van der Waals surface area contributed by atoms with E-state index in [1.807, 2.05) is 61.5 Å². The topological polar surface area (TPSA) is 448 Å². The molecule has 8 aromatic carbocycles. The Morgan fingerprint density at radius 3 is 1.01 bits per heavy atom. The third-order valence-electron chi connectivity index (χ3n) is 24.6. The van der Waals surface area contributed by atoms with Crippen LogP contribution in [0.5, 0.6) is 28.7 Å². The number of pyridine rings is 3. The van der Waals surface area contributed by atoms with Crippen molar-refractivity contribution in [1.29, 1.82) is 5.26 Å². The van der Waals surface area contributed by atoms with Crippen LogP contribution in [0.1, 0.15) is 104 Å². The third kappa shape index (κ3) is 17.8. The van der Waals surface area contributed by atoms with Gasteiger partial charge in [0, 0.05) is 108 Å². The van der Waals surface area contributed by atoms with Gasteiger partial charge in [0.1, 0.15) is 34.8 Å². The van der Waals surface area contributed by atoms with Gasteiger partial charge >= 0.3 is 30.3 Å². The van der Waals surface area contributed by atoms with Crippen LogP contribution in [0.15, 0.2) is 244 Å². The number of urea groups is 4. The van der Waals surface area contributed by atoms with Crippen molar-refractivity contribution in [2.24, 2.45) is 0 Å². The number of halogens is 3. The first-order valence-electron chi connectivity index (χ1n) is 42.5. The molecule has 16 amide bonds. The summed E-state index contributed by atoms with van der Waals surface area (Å²) < 4.78 is 64.9. The molecule has 4 saturated heterocycles. The zero-order valence-electron chi connectivity index (χ0n) is 73.5. The van der Waals surface area contributed by atoms with Crippen molar-refractivity contribution in [3.8, 4) is 79.6 Å². The van der Waals surface area contributed by atoms with Crippen LogP contribution in [-0.2, 0) is 73.7 Å². The molecule has 38 heteroatoms. The van der Waals surface area contributed by atoms with Crippen molar-refractivity contribution in [1.82, 2.24) is 87.1 Å². The highest BCUT2D eigenvalue weighted by Crippen LogP contribution is 2.41. The number of nitriles is 1. The summed E-state index contributed by atoms with van der Waals surface area (Å²) in [5.41, 5.74) is 6.75. The molecular formula is C99H81F3N18O17. The van der Waals surface area contributed by atoms with Crippen LogP contribution >= 0.6 is 0 Å². The molecule has 4 aromatic heterocycles. The number of hydrogen-bond donors (Lipinski definition) is 8. The van der Waals surface area contributed by atoms with Gasteiger partial charge in [0.2, 0.25) is 0 Å². The number of ether oxygens (including phenoxy) is 5. The number of benzene rings is 8. The molecule has 0 unspecified atom stereocenters. The van der Waals surface area contributed by atoms with E-state index in [-0.39, 0.29) is 56.4 Å². The van der Waals surface area contributed by atoms with E-state index in [1.165, 1.54) is 38.5 Å². The molecule has 0 saturated carbocycles. The summed E-state index contributed by atoms with van der Waals surface area (Å²) >= 11 is 0. The monoisotopic (exact) mass is 1850 g/mol. The summed E-state index contributed by atoms with van der Waals surface area (Å²) in [6, 6.07) is 54.2. The first kappa shape index (κ1) is 91.1. The fourth-order valence-electron chi connectivity index (χ4n) is 17.5. The molecule has 8 aliphatic heterocycles. The van der Waals surface area contributed by atoms with Gasteiger partial charge in [0.25, 0.3) is 47.3 Å². The van der Waals surface area contributed by atoms with E-state index >= 15 is 0 Å². The first-order valence-corrected chi connectivity index (χ1v) is 42.5. The van der Waals surface area contributed by atoms with Gasteiger partial charge in [-0.25, -0.2) is 19.2 Å². The lowest BCUT2D eigenvalue weighted by Gasteiger charge is -2.31. The van der Waals surface area contributed by atoms with E-state index in [2.05, 4.69) is 73.5 Å². The summed E-state index contributed by atoms with van der Waals surface area (Å²) in [6.07, 6.45) is 7.55. The second-order valence-corrected chi connectivity index (χ2v) is 32.7. The van der Waals surface area contributed by atoms with Crippen molar-refractivity contribution >= 4 is 71.4 Å². The minimum absolute atomic E-state index is 0.00740. The normalized spacial score (nSPS) is 19.1. The van der Waals surface area contributed by atoms with Crippen molar-refractivity contribution in [3.05, 3.63) is 322 Å². The van der Waals surface area contributed by atoms with Crippen LogP contribution in [0.25, 0.3) is 44.8 Å². The van der Waals surface area contributed by atoms with Gasteiger partial charge < -0.3 is 64.6 Å². The highest BCUT2D eigenvalue weighted by atomic mass is 19.4. The number of hydrogen-bond acceptors (Lipinski definition) is 23. The number of carbonyl (C=O) groups is 12. The van der Waals surface area contributed by atoms with Crippen LogP contribution in [0.3, 0.4) is 0 Å². The summed E-state index contributed by atoms with van der Waals surface area (Å²) in [4.78, 5) is 180. The molecule has 0 aliphatic carbocycles. The lowest BCUT2D eigenvalue weighted by atomic mass is 9.88. The van der Waals surface area contributed by atoms with Crippen molar-refractivity contribution in [2.75, 3.05) is 61.2 Å². The molecule has 4 atom stereocenters. The molecule has 20 rings (SSSR count). The molecule has 0 radical (unpaired) electrons. The first-order chi connectivity index (χ1) is 66.0. The summed E-state index contributed by atoms with van der Waals surface area (Å²) in [5.74, 6) is -0.199. The molecule has 12 heterocycles. The van der Waals surface area contributed by atoms with Crippen LogP contribution < -0.4 is 66.2 Å². The van der Waals surface area contributed by atoms with Gasteiger partial charge in [0.15, 0.2) is 22.2 Å². The molecule has 4 fully saturated rings. The Morgan fingerprint density at radius 1 is 0.350 bits per heavy atom. The Morgan fingerprint density at radius 2 is 0.693 bits per heavy atom. The number of aromatic nitrogens is 5. The Labute approximate surface area is 778 Å². The SMILES string of the molecule is CCOc1ccc2c(c1)C(=O)N(C[C@@]1(c3ccc(-c4cnccn4)cc3)NC(=O)NC1=O)C2.COc1ccc2c(c1)C(=O)N(C[C@@]1(c3ccc(-c4ccc(C(F)(F)F)cn4)cc3)NC(=O)NC1=O)C2.COc1ccc2c(c1)C(=O)N(C[C@@]1(c3ccc(-c4cncc(C#N)c4)cc3)NC(=O)NC1=O)C2.COc1cncc(-c2ccc([C@]3(CN4Cc5ccc(OC)cc5C4=O)NC(=O)NC3=O)cc2)c1. The van der Waals surface area contributed by atoms with Gasteiger partial charge in [-0.2, -0.15) is 18.4 Å².